The Bertz CT molecular complexity index is 1150. The van der Waals surface area contributed by atoms with Crippen LogP contribution in [0.3, 0.4) is 0 Å². The highest BCUT2D eigenvalue weighted by atomic mass is 19.1. The quantitative estimate of drug-likeness (QED) is 0.327. The second-order valence-corrected chi connectivity index (χ2v) is 6.91. The molecular formula is C23H22FN3O7. The molecule has 0 aromatic heterocycles. The van der Waals surface area contributed by atoms with Gasteiger partial charge in [0.05, 0.1) is 19.4 Å². The van der Waals surface area contributed by atoms with Crippen molar-refractivity contribution >= 4 is 35.6 Å². The number of urea groups is 1. The normalized spacial score (nSPS) is 14.1. The summed E-state index contributed by atoms with van der Waals surface area (Å²) in [5.41, 5.74) is 0.361. The summed E-state index contributed by atoms with van der Waals surface area (Å²) in [6.07, 6.45) is 1.40. The number of para-hydroxylation sites is 1. The number of anilines is 1. The van der Waals surface area contributed by atoms with E-state index in [4.69, 9.17) is 14.2 Å². The Balaban J connectivity index is 1.68. The lowest BCUT2D eigenvalue weighted by atomic mass is 10.1. The Hall–Kier alpha value is -4.41. The molecule has 1 saturated heterocycles. The Morgan fingerprint density at radius 1 is 1.15 bits per heavy atom. The highest BCUT2D eigenvalue weighted by Gasteiger charge is 2.35. The number of esters is 1. The molecule has 0 atom stereocenters. The number of hydrogen-bond donors (Lipinski definition) is 2. The van der Waals surface area contributed by atoms with E-state index in [-0.39, 0.29) is 36.1 Å². The van der Waals surface area contributed by atoms with Crippen LogP contribution in [0.5, 0.6) is 11.5 Å². The molecule has 2 aromatic rings. The van der Waals surface area contributed by atoms with Crippen LogP contribution in [0.25, 0.3) is 6.08 Å². The minimum absolute atomic E-state index is 0.0623. The molecule has 1 aliphatic rings. The third-order valence-corrected chi connectivity index (χ3v) is 4.56. The van der Waals surface area contributed by atoms with Crippen molar-refractivity contribution in [3.63, 3.8) is 0 Å². The van der Waals surface area contributed by atoms with E-state index in [2.05, 4.69) is 10.6 Å². The molecule has 1 fully saturated rings. The number of nitrogens with one attached hydrogen (secondary N) is 2. The molecule has 3 rings (SSSR count). The van der Waals surface area contributed by atoms with Crippen LogP contribution in [-0.4, -0.2) is 55.6 Å². The van der Waals surface area contributed by atoms with Gasteiger partial charge >= 0.3 is 12.0 Å². The van der Waals surface area contributed by atoms with Gasteiger partial charge in [-0.1, -0.05) is 18.2 Å². The molecule has 178 valence electrons. The van der Waals surface area contributed by atoms with Crippen molar-refractivity contribution in [3.05, 3.63) is 59.5 Å². The van der Waals surface area contributed by atoms with E-state index in [1.54, 1.807) is 19.1 Å². The lowest BCUT2D eigenvalue weighted by Crippen LogP contribution is -2.38. The van der Waals surface area contributed by atoms with E-state index in [9.17, 15) is 23.6 Å². The number of ether oxygens (including phenoxy) is 3. The number of methoxy groups -OCH3 is 1. The summed E-state index contributed by atoms with van der Waals surface area (Å²) >= 11 is 0. The molecule has 1 aliphatic heterocycles. The summed E-state index contributed by atoms with van der Waals surface area (Å²) in [6, 6.07) is 9.40. The summed E-state index contributed by atoms with van der Waals surface area (Å²) in [5.74, 6) is -2.07. The Labute approximate surface area is 194 Å². The summed E-state index contributed by atoms with van der Waals surface area (Å²) in [4.78, 5) is 49.3. The van der Waals surface area contributed by atoms with E-state index in [1.165, 1.54) is 43.5 Å². The van der Waals surface area contributed by atoms with E-state index in [1.807, 2.05) is 0 Å². The van der Waals surface area contributed by atoms with Crippen LogP contribution in [0.1, 0.15) is 12.5 Å². The van der Waals surface area contributed by atoms with Gasteiger partial charge in [-0.3, -0.25) is 9.59 Å². The number of nitrogens with zero attached hydrogens (tertiary/aromatic N) is 1. The first-order valence-corrected chi connectivity index (χ1v) is 10.2. The van der Waals surface area contributed by atoms with Gasteiger partial charge in [-0.05, 0) is 42.8 Å². The molecule has 11 heteroatoms. The molecule has 0 spiro atoms. The molecular weight excluding hydrogens is 449 g/mol. The average Bonchev–Trinajstić information content (AvgIpc) is 3.07. The number of rotatable bonds is 9. The average molecular weight is 471 g/mol. The van der Waals surface area contributed by atoms with Crippen molar-refractivity contribution < 1.29 is 37.8 Å². The van der Waals surface area contributed by atoms with E-state index >= 15 is 0 Å². The fourth-order valence-corrected chi connectivity index (χ4v) is 3.01. The van der Waals surface area contributed by atoms with Gasteiger partial charge in [0.15, 0.2) is 18.1 Å². The molecule has 4 amide bonds. The Morgan fingerprint density at radius 3 is 2.62 bits per heavy atom. The Morgan fingerprint density at radius 2 is 1.91 bits per heavy atom. The minimum Gasteiger partial charge on any atom is -0.493 e. The summed E-state index contributed by atoms with van der Waals surface area (Å²) in [7, 11) is 1.40. The van der Waals surface area contributed by atoms with E-state index < -0.39 is 36.2 Å². The summed E-state index contributed by atoms with van der Waals surface area (Å²) in [5, 5.41) is 4.72. The smallest absolute Gasteiger partial charge is 0.344 e. The van der Waals surface area contributed by atoms with Crippen LogP contribution < -0.4 is 20.1 Å². The van der Waals surface area contributed by atoms with Crippen molar-refractivity contribution in [2.75, 3.05) is 32.2 Å². The SMILES string of the molecule is CCOC(=O)COc1ccc(/C=C2/NC(=O)N(CC(=O)Nc3ccccc3F)C2=O)cc1OC. The second-order valence-electron chi connectivity index (χ2n) is 6.91. The maximum Gasteiger partial charge on any atom is 0.344 e. The van der Waals surface area contributed by atoms with Gasteiger partial charge in [0, 0.05) is 0 Å². The van der Waals surface area contributed by atoms with Gasteiger partial charge in [0.2, 0.25) is 5.91 Å². The first-order valence-electron chi connectivity index (χ1n) is 10.2. The fraction of sp³-hybridized carbons (Fsp3) is 0.217. The Kier molecular flexibility index (Phi) is 7.80. The third kappa shape index (κ3) is 5.88. The zero-order chi connectivity index (χ0) is 24.7. The third-order valence-electron chi connectivity index (χ3n) is 4.56. The predicted molar refractivity (Wildman–Crippen MR) is 118 cm³/mol. The van der Waals surface area contributed by atoms with Crippen LogP contribution in [0.2, 0.25) is 0 Å². The van der Waals surface area contributed by atoms with Crippen LogP contribution in [0, 0.1) is 5.82 Å². The highest BCUT2D eigenvalue weighted by molar-refractivity contribution is 6.16. The van der Waals surface area contributed by atoms with Gasteiger partial charge < -0.3 is 24.8 Å². The summed E-state index contributed by atoms with van der Waals surface area (Å²) < 4.78 is 29.2. The van der Waals surface area contributed by atoms with Crippen molar-refractivity contribution in [2.45, 2.75) is 6.92 Å². The molecule has 2 N–H and O–H groups in total. The van der Waals surface area contributed by atoms with Crippen molar-refractivity contribution in [1.29, 1.82) is 0 Å². The number of carbonyl (C=O) groups excluding carboxylic acids is 4. The second kappa shape index (κ2) is 10.9. The molecule has 34 heavy (non-hydrogen) atoms. The lowest BCUT2D eigenvalue weighted by Gasteiger charge is -2.12. The molecule has 0 radical (unpaired) electrons. The van der Waals surface area contributed by atoms with Crippen LogP contribution in [-0.2, 0) is 19.1 Å². The van der Waals surface area contributed by atoms with Crippen LogP contribution in [0.4, 0.5) is 14.9 Å². The lowest BCUT2D eigenvalue weighted by molar-refractivity contribution is -0.145. The minimum atomic E-state index is -0.790. The van der Waals surface area contributed by atoms with E-state index in [0.29, 0.717) is 10.5 Å². The molecule has 1 heterocycles. The number of benzene rings is 2. The maximum absolute atomic E-state index is 13.7. The predicted octanol–water partition coefficient (Wildman–Crippen LogP) is 2.31. The number of carbonyl (C=O) groups is 4. The highest BCUT2D eigenvalue weighted by Crippen LogP contribution is 2.29. The number of imide groups is 1. The van der Waals surface area contributed by atoms with Gasteiger partial charge in [-0.2, -0.15) is 0 Å². The molecule has 10 nitrogen and oxygen atoms in total. The number of amides is 4. The largest absolute Gasteiger partial charge is 0.493 e. The van der Waals surface area contributed by atoms with E-state index in [0.717, 1.165) is 0 Å². The molecule has 0 aliphatic carbocycles. The molecule has 0 unspecified atom stereocenters. The van der Waals surface area contributed by atoms with Gasteiger partial charge in [0.25, 0.3) is 5.91 Å². The van der Waals surface area contributed by atoms with Crippen LogP contribution in [0.15, 0.2) is 48.2 Å². The van der Waals surface area contributed by atoms with Gasteiger partial charge in [-0.25, -0.2) is 18.9 Å². The maximum atomic E-state index is 13.7. The zero-order valence-electron chi connectivity index (χ0n) is 18.4. The van der Waals surface area contributed by atoms with Crippen molar-refractivity contribution in [3.8, 4) is 11.5 Å². The first-order chi connectivity index (χ1) is 16.3. The molecule has 2 aromatic carbocycles. The fourth-order valence-electron chi connectivity index (χ4n) is 3.01. The molecule has 0 bridgehead atoms. The first kappa shape index (κ1) is 24.2. The van der Waals surface area contributed by atoms with Crippen molar-refractivity contribution in [2.24, 2.45) is 0 Å². The zero-order valence-corrected chi connectivity index (χ0v) is 18.4. The summed E-state index contributed by atoms with van der Waals surface area (Å²) in [6.45, 7) is 1.01. The van der Waals surface area contributed by atoms with Crippen LogP contribution >= 0.6 is 0 Å². The van der Waals surface area contributed by atoms with Gasteiger partial charge in [0.1, 0.15) is 18.1 Å². The topological polar surface area (TPSA) is 123 Å². The standard InChI is InChI=1S/C23H22FN3O7/c1-3-33-21(29)13-34-18-9-8-14(11-19(18)32-2)10-17-22(30)27(23(31)26-17)12-20(28)25-16-7-5-4-6-15(16)24/h4-11H,3,12-13H2,1-2H3,(H,25,28)(H,26,31)/b17-10+. The monoisotopic (exact) mass is 471 g/mol. The molecule has 0 saturated carbocycles. The number of hydrogen-bond acceptors (Lipinski definition) is 7. The van der Waals surface area contributed by atoms with Gasteiger partial charge in [-0.15, -0.1) is 0 Å². The van der Waals surface area contributed by atoms with Crippen molar-refractivity contribution in [1.82, 2.24) is 10.2 Å². The number of halogens is 1.